The molecular formula is C21H24N2O4. The number of para-hydroxylation sites is 1. The Morgan fingerprint density at radius 1 is 1.33 bits per heavy atom. The summed E-state index contributed by atoms with van der Waals surface area (Å²) in [5, 5.41) is 15.8. The number of fused-ring (bicyclic) bond motifs is 4. The van der Waals surface area contributed by atoms with Gasteiger partial charge in [0.15, 0.2) is 0 Å². The van der Waals surface area contributed by atoms with Gasteiger partial charge in [0.05, 0.1) is 12.6 Å². The summed E-state index contributed by atoms with van der Waals surface area (Å²) in [5.74, 6) is -0.721. The number of aliphatic hydroxyl groups excluding tert-OH is 1. The summed E-state index contributed by atoms with van der Waals surface area (Å²) >= 11 is 0. The minimum Gasteiger partial charge on any atom is -0.468 e. The molecule has 1 saturated carbocycles. The molecular weight excluding hydrogens is 344 g/mol. The van der Waals surface area contributed by atoms with E-state index in [0.717, 1.165) is 28.6 Å². The first-order valence-corrected chi connectivity index (χ1v) is 9.63. The summed E-state index contributed by atoms with van der Waals surface area (Å²) in [6, 6.07) is 7.70. The van der Waals surface area contributed by atoms with Crippen LogP contribution >= 0.6 is 0 Å². The largest absolute Gasteiger partial charge is 0.468 e. The molecule has 2 N–H and O–H groups in total. The quantitative estimate of drug-likeness (QED) is 0.789. The van der Waals surface area contributed by atoms with Gasteiger partial charge >= 0.3 is 5.97 Å². The van der Waals surface area contributed by atoms with Gasteiger partial charge in [-0.2, -0.15) is 0 Å². The van der Waals surface area contributed by atoms with Gasteiger partial charge in [0.2, 0.25) is 0 Å². The summed E-state index contributed by atoms with van der Waals surface area (Å²) in [5.41, 5.74) is 1.95. The van der Waals surface area contributed by atoms with E-state index in [0.29, 0.717) is 19.4 Å². The first-order valence-electron chi connectivity index (χ1n) is 9.63. The van der Waals surface area contributed by atoms with E-state index in [4.69, 9.17) is 4.74 Å². The highest BCUT2D eigenvalue weighted by atomic mass is 16.5. The highest BCUT2D eigenvalue weighted by molar-refractivity contribution is 5.94. The number of aromatic nitrogens is 1. The van der Waals surface area contributed by atoms with E-state index >= 15 is 0 Å². The molecule has 1 fully saturated rings. The lowest BCUT2D eigenvalue weighted by Crippen LogP contribution is -2.65. The van der Waals surface area contributed by atoms with Crippen LogP contribution in [0.2, 0.25) is 0 Å². The van der Waals surface area contributed by atoms with Crippen LogP contribution in [-0.2, 0) is 26.2 Å². The van der Waals surface area contributed by atoms with Gasteiger partial charge < -0.3 is 19.7 Å². The number of esters is 1. The molecule has 27 heavy (non-hydrogen) atoms. The molecule has 5 rings (SSSR count). The normalized spacial score (nSPS) is 34.2. The lowest BCUT2D eigenvalue weighted by molar-refractivity contribution is -0.159. The number of ketones is 1. The van der Waals surface area contributed by atoms with Gasteiger partial charge in [0.1, 0.15) is 17.4 Å². The van der Waals surface area contributed by atoms with Gasteiger partial charge in [-0.25, -0.2) is 0 Å². The summed E-state index contributed by atoms with van der Waals surface area (Å²) in [7, 11) is 1.41. The zero-order valence-corrected chi connectivity index (χ0v) is 15.6. The Hall–Kier alpha value is -2.18. The second-order valence-corrected chi connectivity index (χ2v) is 8.19. The van der Waals surface area contributed by atoms with Gasteiger partial charge in [-0.15, -0.1) is 0 Å². The van der Waals surface area contributed by atoms with Gasteiger partial charge in [0, 0.05) is 29.0 Å². The van der Waals surface area contributed by atoms with E-state index in [2.05, 4.69) is 11.4 Å². The molecule has 1 aliphatic carbocycles. The number of carbonyl (C=O) groups excluding carboxylic acids is 2. The molecule has 1 unspecified atom stereocenters. The zero-order valence-electron chi connectivity index (χ0n) is 15.6. The average molecular weight is 368 g/mol. The Kier molecular flexibility index (Phi) is 3.55. The van der Waals surface area contributed by atoms with Gasteiger partial charge in [0.25, 0.3) is 0 Å². The summed E-state index contributed by atoms with van der Waals surface area (Å²) in [6.45, 7) is 2.28. The van der Waals surface area contributed by atoms with Crippen molar-refractivity contribution in [3.8, 4) is 0 Å². The number of benzene rings is 1. The van der Waals surface area contributed by atoms with Crippen molar-refractivity contribution in [3.05, 3.63) is 35.5 Å². The highest BCUT2D eigenvalue weighted by Crippen LogP contribution is 2.56. The zero-order chi connectivity index (χ0) is 18.9. The highest BCUT2D eigenvalue weighted by Gasteiger charge is 2.63. The fourth-order valence-electron chi connectivity index (χ4n) is 6.01. The molecule has 0 spiro atoms. The van der Waals surface area contributed by atoms with Crippen molar-refractivity contribution >= 4 is 22.7 Å². The SMILES string of the molecule is COC(=O)[C@@]12C[C@H]3C[C@@H](C(C)=O)[C@@H]1NCCc1c2n(c2ccccc12)C3O. The summed E-state index contributed by atoms with van der Waals surface area (Å²) < 4.78 is 7.26. The Labute approximate surface area is 157 Å². The molecule has 5 atom stereocenters. The van der Waals surface area contributed by atoms with E-state index in [1.807, 2.05) is 22.8 Å². The molecule has 6 nitrogen and oxygen atoms in total. The lowest BCUT2D eigenvalue weighted by Gasteiger charge is -2.53. The third-order valence-electron chi connectivity index (χ3n) is 7.01. The Morgan fingerprint density at radius 3 is 2.85 bits per heavy atom. The molecule has 1 aromatic carbocycles. The smallest absolute Gasteiger partial charge is 0.319 e. The number of Topliss-reactive ketones (excluding diaryl/α,β-unsaturated/α-hetero) is 1. The Morgan fingerprint density at radius 2 is 2.11 bits per heavy atom. The fourth-order valence-corrected chi connectivity index (χ4v) is 6.01. The third kappa shape index (κ3) is 1.97. The maximum Gasteiger partial charge on any atom is 0.319 e. The number of hydrogen-bond acceptors (Lipinski definition) is 5. The maximum absolute atomic E-state index is 13.3. The molecule has 0 radical (unpaired) electrons. The molecule has 2 bridgehead atoms. The van der Waals surface area contributed by atoms with Crippen molar-refractivity contribution in [2.45, 2.75) is 43.9 Å². The van der Waals surface area contributed by atoms with Gasteiger partial charge in [-0.05, 0) is 44.4 Å². The van der Waals surface area contributed by atoms with Crippen LogP contribution in [-0.4, -0.2) is 41.1 Å². The van der Waals surface area contributed by atoms with Crippen molar-refractivity contribution in [2.24, 2.45) is 11.8 Å². The molecule has 1 aromatic heterocycles. The number of nitrogens with zero attached hydrogens (tertiary/aromatic N) is 1. The molecule has 2 aliphatic heterocycles. The van der Waals surface area contributed by atoms with Crippen LogP contribution in [0, 0.1) is 11.8 Å². The van der Waals surface area contributed by atoms with Crippen LogP contribution in [0.5, 0.6) is 0 Å². The number of hydrogen-bond donors (Lipinski definition) is 2. The first-order chi connectivity index (χ1) is 13.0. The van der Waals surface area contributed by atoms with Gasteiger partial charge in [-0.1, -0.05) is 18.2 Å². The van der Waals surface area contributed by atoms with E-state index in [9.17, 15) is 14.7 Å². The molecule has 3 heterocycles. The standard InChI is InChI=1S/C21H24N2O4/c1-11(24)15-9-12-10-21(20(26)27-2)17(15)22-8-7-14-13-5-3-4-6-16(13)23(18(14)21)19(12)25/h3-6,12,15,17,19,22,25H,7-10H2,1-2H3/t12-,15+,17+,19?,21+/m1/s1. The number of rotatable bonds is 2. The minimum absolute atomic E-state index is 0.0608. The molecule has 0 saturated heterocycles. The monoisotopic (exact) mass is 368 g/mol. The maximum atomic E-state index is 13.3. The topological polar surface area (TPSA) is 80.6 Å². The van der Waals surface area contributed by atoms with Crippen LogP contribution in [0.15, 0.2) is 24.3 Å². The lowest BCUT2D eigenvalue weighted by atomic mass is 9.57. The second-order valence-electron chi connectivity index (χ2n) is 8.19. The Balaban J connectivity index is 1.91. The number of aliphatic hydroxyl groups is 1. The van der Waals surface area contributed by atoms with Crippen molar-refractivity contribution in [1.82, 2.24) is 9.88 Å². The predicted octanol–water partition coefficient (Wildman–Crippen LogP) is 1.69. The van der Waals surface area contributed by atoms with Crippen LogP contribution < -0.4 is 5.32 Å². The molecule has 0 amide bonds. The van der Waals surface area contributed by atoms with E-state index in [-0.39, 0.29) is 29.6 Å². The van der Waals surface area contributed by atoms with Crippen LogP contribution in [0.3, 0.4) is 0 Å². The number of ether oxygens (including phenoxy) is 1. The fraction of sp³-hybridized carbons (Fsp3) is 0.524. The number of methoxy groups -OCH3 is 1. The van der Waals surface area contributed by atoms with Crippen molar-refractivity contribution in [2.75, 3.05) is 13.7 Å². The average Bonchev–Trinajstić information content (AvgIpc) is 2.89. The Bertz CT molecular complexity index is 964. The van der Waals surface area contributed by atoms with Crippen molar-refractivity contribution < 1.29 is 19.4 Å². The van der Waals surface area contributed by atoms with E-state index in [1.165, 1.54) is 7.11 Å². The van der Waals surface area contributed by atoms with Crippen LogP contribution in [0.1, 0.15) is 37.3 Å². The number of nitrogens with one attached hydrogen (secondary N) is 1. The van der Waals surface area contributed by atoms with E-state index in [1.54, 1.807) is 6.92 Å². The summed E-state index contributed by atoms with van der Waals surface area (Å²) in [6.07, 6.45) is 1.09. The van der Waals surface area contributed by atoms with Crippen LogP contribution in [0.4, 0.5) is 0 Å². The van der Waals surface area contributed by atoms with Crippen molar-refractivity contribution in [3.63, 3.8) is 0 Å². The third-order valence-corrected chi connectivity index (χ3v) is 7.01. The molecule has 2 aromatic rings. The van der Waals surface area contributed by atoms with Crippen molar-refractivity contribution in [1.29, 1.82) is 0 Å². The van der Waals surface area contributed by atoms with Gasteiger partial charge in [-0.3, -0.25) is 9.59 Å². The van der Waals surface area contributed by atoms with Crippen LogP contribution in [0.25, 0.3) is 10.9 Å². The molecule has 3 aliphatic rings. The minimum atomic E-state index is -0.946. The molecule has 6 heteroatoms. The predicted molar refractivity (Wildman–Crippen MR) is 99.3 cm³/mol. The van der Waals surface area contributed by atoms with E-state index < -0.39 is 11.6 Å². The number of carbonyl (C=O) groups is 2. The first kappa shape index (κ1) is 17.0. The second kappa shape index (κ2) is 5.66. The molecule has 142 valence electrons. The summed E-state index contributed by atoms with van der Waals surface area (Å²) in [4.78, 5) is 25.8.